The van der Waals surface area contributed by atoms with Gasteiger partial charge in [-0.25, -0.2) is 0 Å². The second kappa shape index (κ2) is 7.97. The van der Waals surface area contributed by atoms with Crippen LogP contribution in [0.25, 0.3) is 32.9 Å². The molecule has 0 bridgehead atoms. The molecule has 0 aliphatic heterocycles. The molecule has 1 N–H and O–H groups in total. The lowest BCUT2D eigenvalue weighted by atomic mass is 10.00. The van der Waals surface area contributed by atoms with Crippen LogP contribution in [0.3, 0.4) is 0 Å². The summed E-state index contributed by atoms with van der Waals surface area (Å²) in [5, 5.41) is 27.6. The molecule has 0 saturated heterocycles. The number of nitrogens with zero attached hydrogens (tertiary/aromatic N) is 4. The van der Waals surface area contributed by atoms with Crippen molar-refractivity contribution in [2.45, 2.75) is 0 Å². The summed E-state index contributed by atoms with van der Waals surface area (Å²) in [4.78, 5) is 30.8. The molecule has 2 aromatic heterocycles. The van der Waals surface area contributed by atoms with Gasteiger partial charge in [0.25, 0.3) is 5.69 Å². The van der Waals surface area contributed by atoms with Gasteiger partial charge in [0.15, 0.2) is 0 Å². The van der Waals surface area contributed by atoms with Crippen LogP contribution in [-0.2, 0) is 0 Å². The van der Waals surface area contributed by atoms with Gasteiger partial charge in [-0.15, -0.1) is 0 Å². The van der Waals surface area contributed by atoms with Crippen LogP contribution in [-0.4, -0.2) is 19.8 Å². The number of non-ortho nitro benzene ring substituents is 1. The Morgan fingerprint density at radius 1 is 0.758 bits per heavy atom. The fourth-order valence-corrected chi connectivity index (χ4v) is 3.93. The Hall–Kier alpha value is -4.92. The Bertz CT molecular complexity index is 1550. The average Bonchev–Trinajstić information content (AvgIpc) is 2.84. The van der Waals surface area contributed by atoms with Crippen LogP contribution < -0.4 is 5.32 Å². The highest BCUT2D eigenvalue weighted by Gasteiger charge is 2.27. The molecule has 0 fully saturated rings. The predicted molar refractivity (Wildman–Crippen MR) is 126 cm³/mol. The molecule has 0 unspecified atom stereocenters. The van der Waals surface area contributed by atoms with Crippen molar-refractivity contribution in [3.63, 3.8) is 0 Å². The third-order valence-electron chi connectivity index (χ3n) is 5.35. The van der Waals surface area contributed by atoms with Crippen LogP contribution in [0.1, 0.15) is 0 Å². The smallest absolute Gasteiger partial charge is 0.301 e. The van der Waals surface area contributed by atoms with E-state index in [0.717, 1.165) is 22.6 Å². The van der Waals surface area contributed by atoms with Crippen molar-refractivity contribution in [2.24, 2.45) is 0 Å². The number of nitro benzene ring substituents is 2. The second-order valence-corrected chi connectivity index (χ2v) is 7.25. The van der Waals surface area contributed by atoms with E-state index >= 15 is 0 Å². The number of anilines is 2. The standard InChI is InChI=1S/C24H15N5O4/c30-28(31)20-14-21(29(32)33)24(23-17(20)8-5-12-26-23)27-19-10-4-9-18-22(19)16(11-13-25-18)15-6-2-1-3-7-15/h1-14,27H. The highest BCUT2D eigenvalue weighted by molar-refractivity contribution is 6.08. The normalized spacial score (nSPS) is 10.9. The van der Waals surface area contributed by atoms with Crippen molar-refractivity contribution < 1.29 is 9.85 Å². The zero-order chi connectivity index (χ0) is 22.9. The van der Waals surface area contributed by atoms with E-state index < -0.39 is 15.5 Å². The number of fused-ring (bicyclic) bond motifs is 2. The van der Waals surface area contributed by atoms with Crippen LogP contribution in [0.4, 0.5) is 22.7 Å². The summed E-state index contributed by atoms with van der Waals surface area (Å²) in [6.45, 7) is 0. The Balaban J connectivity index is 1.79. The number of aromatic nitrogens is 2. The van der Waals surface area contributed by atoms with Crippen LogP contribution in [0.15, 0.2) is 85.2 Å². The summed E-state index contributed by atoms with van der Waals surface area (Å²) < 4.78 is 0. The van der Waals surface area contributed by atoms with Gasteiger partial charge in [0.1, 0.15) is 11.2 Å². The predicted octanol–water partition coefficient (Wildman–Crippen LogP) is 6.01. The fourth-order valence-electron chi connectivity index (χ4n) is 3.93. The number of hydrogen-bond donors (Lipinski definition) is 1. The Labute approximate surface area is 186 Å². The molecular weight excluding hydrogens is 422 g/mol. The topological polar surface area (TPSA) is 124 Å². The van der Waals surface area contributed by atoms with E-state index in [2.05, 4.69) is 15.3 Å². The first-order valence-corrected chi connectivity index (χ1v) is 9.95. The molecule has 0 aliphatic rings. The second-order valence-electron chi connectivity index (χ2n) is 7.25. The quantitative estimate of drug-likeness (QED) is 0.264. The number of hydrogen-bond acceptors (Lipinski definition) is 7. The molecule has 2 heterocycles. The maximum Gasteiger partial charge on any atom is 0.301 e. The largest absolute Gasteiger partial charge is 0.348 e. The van der Waals surface area contributed by atoms with Gasteiger partial charge in [0, 0.05) is 23.5 Å². The molecule has 0 radical (unpaired) electrons. The van der Waals surface area contributed by atoms with Crippen LogP contribution in [0, 0.1) is 20.2 Å². The highest BCUT2D eigenvalue weighted by Crippen LogP contribution is 2.42. The molecule has 9 heteroatoms. The van der Waals surface area contributed by atoms with E-state index in [0.29, 0.717) is 11.2 Å². The Morgan fingerprint density at radius 3 is 2.30 bits per heavy atom. The van der Waals surface area contributed by atoms with E-state index in [4.69, 9.17) is 0 Å². The first kappa shape index (κ1) is 20.0. The number of benzene rings is 3. The van der Waals surface area contributed by atoms with E-state index in [1.807, 2.05) is 42.5 Å². The maximum atomic E-state index is 11.9. The molecule has 160 valence electrons. The van der Waals surface area contributed by atoms with Crippen LogP contribution in [0.5, 0.6) is 0 Å². The lowest BCUT2D eigenvalue weighted by Gasteiger charge is -2.15. The van der Waals surface area contributed by atoms with E-state index in [1.165, 1.54) is 12.3 Å². The minimum Gasteiger partial charge on any atom is -0.348 e. The molecule has 0 saturated carbocycles. The Kier molecular flexibility index (Phi) is 4.83. The lowest BCUT2D eigenvalue weighted by Crippen LogP contribution is -2.02. The van der Waals surface area contributed by atoms with Crippen molar-refractivity contribution in [3.05, 3.63) is 105 Å². The van der Waals surface area contributed by atoms with Crippen molar-refractivity contribution in [2.75, 3.05) is 5.32 Å². The SMILES string of the molecule is O=[N+]([O-])c1cc([N+](=O)[O-])c2cccnc2c1Nc1cccc2nccc(-c3ccccc3)c12. The number of pyridine rings is 2. The van der Waals surface area contributed by atoms with Crippen LogP contribution in [0.2, 0.25) is 0 Å². The van der Waals surface area contributed by atoms with Gasteiger partial charge in [-0.1, -0.05) is 36.4 Å². The fraction of sp³-hybridized carbons (Fsp3) is 0. The first-order valence-electron chi connectivity index (χ1n) is 9.95. The molecule has 5 rings (SSSR count). The van der Waals surface area contributed by atoms with Crippen molar-refractivity contribution >= 4 is 44.6 Å². The average molecular weight is 437 g/mol. The molecule has 5 aromatic rings. The van der Waals surface area contributed by atoms with E-state index in [1.54, 1.807) is 24.4 Å². The molecule has 9 nitrogen and oxygen atoms in total. The number of nitro groups is 2. The third-order valence-corrected chi connectivity index (χ3v) is 5.35. The molecule has 33 heavy (non-hydrogen) atoms. The highest BCUT2D eigenvalue weighted by atomic mass is 16.6. The first-order chi connectivity index (χ1) is 16.0. The minimum absolute atomic E-state index is 0.0802. The van der Waals surface area contributed by atoms with Gasteiger partial charge in [-0.05, 0) is 41.5 Å². The molecule has 0 spiro atoms. The molecule has 0 amide bonds. The lowest BCUT2D eigenvalue weighted by molar-refractivity contribution is -0.392. The van der Waals surface area contributed by atoms with Crippen molar-refractivity contribution in [1.29, 1.82) is 0 Å². The summed E-state index contributed by atoms with van der Waals surface area (Å²) >= 11 is 0. The van der Waals surface area contributed by atoms with Gasteiger partial charge in [0.2, 0.25) is 0 Å². The van der Waals surface area contributed by atoms with E-state index in [9.17, 15) is 20.2 Å². The summed E-state index contributed by atoms with van der Waals surface area (Å²) in [6.07, 6.45) is 3.15. The Morgan fingerprint density at radius 2 is 1.55 bits per heavy atom. The molecule has 0 atom stereocenters. The zero-order valence-corrected chi connectivity index (χ0v) is 17.0. The third kappa shape index (κ3) is 3.47. The number of rotatable bonds is 5. The van der Waals surface area contributed by atoms with Crippen molar-refractivity contribution in [1.82, 2.24) is 9.97 Å². The molecule has 0 aliphatic carbocycles. The van der Waals surface area contributed by atoms with E-state index in [-0.39, 0.29) is 22.3 Å². The van der Waals surface area contributed by atoms with Gasteiger partial charge < -0.3 is 5.32 Å². The summed E-state index contributed by atoms with van der Waals surface area (Å²) in [6, 6.07) is 21.1. The van der Waals surface area contributed by atoms with Crippen LogP contribution >= 0.6 is 0 Å². The van der Waals surface area contributed by atoms with Crippen molar-refractivity contribution in [3.8, 4) is 11.1 Å². The monoisotopic (exact) mass is 437 g/mol. The van der Waals surface area contributed by atoms with Gasteiger partial charge in [-0.2, -0.15) is 0 Å². The molecule has 3 aromatic carbocycles. The summed E-state index contributed by atoms with van der Waals surface area (Å²) in [7, 11) is 0. The maximum absolute atomic E-state index is 11.9. The molecular formula is C24H15N5O4. The zero-order valence-electron chi connectivity index (χ0n) is 17.0. The van der Waals surface area contributed by atoms with Gasteiger partial charge in [0.05, 0.1) is 26.8 Å². The van der Waals surface area contributed by atoms with Gasteiger partial charge >= 0.3 is 5.69 Å². The minimum atomic E-state index is -0.648. The van der Waals surface area contributed by atoms with Gasteiger partial charge in [-0.3, -0.25) is 30.2 Å². The summed E-state index contributed by atoms with van der Waals surface area (Å²) in [5.41, 5.74) is 2.53. The summed E-state index contributed by atoms with van der Waals surface area (Å²) in [5.74, 6) is 0. The number of nitrogens with one attached hydrogen (secondary N) is 1.